The number of aliphatic hydroxyl groups excluding tert-OH is 21. The Hall–Kier alpha value is -1.53. The van der Waals surface area contributed by atoms with E-state index in [1.807, 2.05) is 6.92 Å². The van der Waals surface area contributed by atoms with Crippen molar-refractivity contribution in [1.29, 1.82) is 0 Å². The van der Waals surface area contributed by atoms with Gasteiger partial charge < -0.3 is 174 Å². The van der Waals surface area contributed by atoms with Gasteiger partial charge >= 0.3 is 10.4 Å². The zero-order chi connectivity index (χ0) is 63.4. The Balaban J connectivity index is 0.00000109. The van der Waals surface area contributed by atoms with Crippen LogP contribution in [-0.4, -0.2) is 388 Å². The molecule has 21 rings (SSSR count). The predicted octanol–water partition coefficient (Wildman–Crippen LogP) is -14.6. The summed E-state index contributed by atoms with van der Waals surface area (Å²) < 4.78 is 111. The van der Waals surface area contributed by atoms with E-state index in [9.17, 15) is 116 Å². The van der Waals surface area contributed by atoms with Gasteiger partial charge in [-0.3, -0.25) is 4.55 Å². The Morgan fingerprint density at radius 1 is 0.279 bits per heavy atom. The van der Waals surface area contributed by atoms with E-state index in [0.29, 0.717) is 6.42 Å². The van der Waals surface area contributed by atoms with Gasteiger partial charge in [0.1, 0.15) is 171 Å². The van der Waals surface area contributed by atoms with Crippen molar-refractivity contribution in [3.63, 3.8) is 0 Å². The number of hydrogen-bond donors (Lipinski definition) is 22. The molecule has 0 saturated carbocycles. The van der Waals surface area contributed by atoms with E-state index in [-0.39, 0.29) is 6.61 Å². The number of rotatable bonds is 11. The van der Waals surface area contributed by atoms with Crippen molar-refractivity contribution in [3.05, 3.63) is 0 Å². The van der Waals surface area contributed by atoms with Crippen LogP contribution >= 0.6 is 0 Å². The van der Waals surface area contributed by atoms with Crippen molar-refractivity contribution in [2.45, 2.75) is 235 Å². The van der Waals surface area contributed by atoms with Crippen LogP contribution in [0.2, 0.25) is 0 Å². The van der Waals surface area contributed by atoms with Gasteiger partial charge in [0.25, 0.3) is 0 Å². The normalized spacial score (nSPS) is 50.8. The van der Waals surface area contributed by atoms with Crippen molar-refractivity contribution < 1.29 is 191 Å². The Morgan fingerprint density at radius 3 is 0.547 bits per heavy atom. The lowest BCUT2D eigenvalue weighted by Crippen LogP contribution is -2.68. The van der Waals surface area contributed by atoms with E-state index >= 15 is 0 Å². The maximum Gasteiger partial charge on any atom is 0.397 e. The third-order valence-corrected chi connectivity index (χ3v) is 16.0. The molecule has 21 saturated heterocycles. The standard InChI is InChI=1S/C42H70O35.C4H10O4S/c43-1-8-29-15(50)22(57)36(64-8)72-30-9(2-44)66-38(24(59)17(30)52)74-32-11(4-46)68-40(26(61)19(32)54)76-34-13(6-48)70-42(28(63)21(34)56)77-35-14(7-49)69-41(27(62)20(35)55)75-33-12(5-47)67-39(25(60)18(33)53)73-31-10(3-45)65-37(71-29)23(58)16(31)51;1-2-3-4-8-9(5,6)7/h8-63H,1-7H2;2-4H2,1H3,(H,5,6,7)/t8-,9-,10-,11-,12-,13-,14-,15-,16-,17-,18-,19-,20-,21-,22-,23-,24-,25-,26-,27-,28-,29-,30-,31-,32-,33-,34-,35-,36-,37-,38-,39-,40-,41-,42-;/m1./s1. The number of ether oxygens (including phenoxy) is 14. The molecule has 0 amide bonds. The van der Waals surface area contributed by atoms with Crippen molar-refractivity contribution in [2.24, 2.45) is 0 Å². The first-order chi connectivity index (χ1) is 40.7. The number of aliphatic hydroxyl groups is 21. The molecule has 35 atom stereocenters. The molecule has 0 radical (unpaired) electrons. The van der Waals surface area contributed by atoms with Crippen LogP contribution in [0.5, 0.6) is 0 Å². The van der Waals surface area contributed by atoms with Gasteiger partial charge in [-0.25, -0.2) is 4.18 Å². The van der Waals surface area contributed by atoms with E-state index < -0.39 is 272 Å². The van der Waals surface area contributed by atoms with Gasteiger partial charge in [-0.15, -0.1) is 0 Å². The fraction of sp³-hybridized carbons (Fsp3) is 1.00. The van der Waals surface area contributed by atoms with Gasteiger partial charge in [0.2, 0.25) is 0 Å². The van der Waals surface area contributed by atoms with Crippen LogP contribution < -0.4 is 0 Å². The predicted molar refractivity (Wildman–Crippen MR) is 261 cm³/mol. The minimum atomic E-state index is -4.20. The second kappa shape index (κ2) is 31.4. The minimum Gasteiger partial charge on any atom is -0.394 e. The third-order valence-electron chi connectivity index (χ3n) is 15.5. The number of unbranched alkanes of at least 4 members (excludes halogenated alkanes) is 1. The molecule has 0 aromatic rings. The molecule has 14 bridgehead atoms. The molecular weight excluding hydrogens is 1210 g/mol. The largest absolute Gasteiger partial charge is 0.397 e. The Bertz CT molecular complexity index is 1780. The van der Waals surface area contributed by atoms with Crippen LogP contribution in [0.15, 0.2) is 0 Å². The van der Waals surface area contributed by atoms with Gasteiger partial charge in [0.05, 0.1) is 52.9 Å². The van der Waals surface area contributed by atoms with Crippen molar-refractivity contribution >= 4 is 10.4 Å². The molecule has 0 unspecified atom stereocenters. The van der Waals surface area contributed by atoms with Crippen LogP contribution in [0.4, 0.5) is 0 Å². The first kappa shape index (κ1) is 71.9. The molecule has 86 heavy (non-hydrogen) atoms. The molecule has 504 valence electrons. The molecular formula is C46H80O39S. The summed E-state index contributed by atoms with van der Waals surface area (Å²) in [6, 6.07) is 0. The molecule has 0 aliphatic carbocycles. The highest BCUT2D eigenvalue weighted by Crippen LogP contribution is 2.39. The monoisotopic (exact) mass is 1290 g/mol. The molecule has 0 aromatic carbocycles. The zero-order valence-electron chi connectivity index (χ0n) is 45.5. The van der Waals surface area contributed by atoms with Crippen molar-refractivity contribution in [1.82, 2.24) is 0 Å². The molecule has 21 aliphatic heterocycles. The van der Waals surface area contributed by atoms with Gasteiger partial charge in [0, 0.05) is 0 Å². The lowest BCUT2D eigenvalue weighted by molar-refractivity contribution is -0.396. The molecule has 0 aromatic heterocycles. The van der Waals surface area contributed by atoms with Gasteiger partial charge in [-0.2, -0.15) is 8.42 Å². The summed E-state index contributed by atoms with van der Waals surface area (Å²) in [6.07, 6.45) is -68.8. The smallest absolute Gasteiger partial charge is 0.394 e. The highest BCUT2D eigenvalue weighted by atomic mass is 32.3. The third kappa shape index (κ3) is 15.7. The first-order valence-electron chi connectivity index (χ1n) is 27.3. The summed E-state index contributed by atoms with van der Waals surface area (Å²) in [5.74, 6) is 0. The lowest BCUT2D eigenvalue weighted by atomic mass is 9.95. The second-order valence-corrected chi connectivity index (χ2v) is 22.3. The summed E-state index contributed by atoms with van der Waals surface area (Å²) in [4.78, 5) is 0. The van der Waals surface area contributed by atoms with E-state index in [0.717, 1.165) is 6.42 Å². The van der Waals surface area contributed by atoms with Crippen LogP contribution in [0.1, 0.15) is 19.8 Å². The highest BCUT2D eigenvalue weighted by molar-refractivity contribution is 7.80. The quantitative estimate of drug-likeness (QED) is 0.0675. The lowest BCUT2D eigenvalue weighted by Gasteiger charge is -2.50. The summed E-state index contributed by atoms with van der Waals surface area (Å²) in [6.45, 7) is -5.37. The van der Waals surface area contributed by atoms with E-state index in [1.165, 1.54) is 0 Å². The topological polar surface area (TPSA) is 618 Å². The Kier molecular flexibility index (Phi) is 26.2. The molecule has 22 N–H and O–H groups in total. The van der Waals surface area contributed by atoms with Gasteiger partial charge in [-0.1, -0.05) is 13.3 Å². The first-order valence-corrected chi connectivity index (χ1v) is 28.7. The van der Waals surface area contributed by atoms with Crippen LogP contribution in [-0.2, 0) is 80.9 Å². The fourth-order valence-corrected chi connectivity index (χ4v) is 11.1. The molecule has 21 heterocycles. The average molecular weight is 1290 g/mol. The highest BCUT2D eigenvalue weighted by Gasteiger charge is 2.59. The van der Waals surface area contributed by atoms with Crippen LogP contribution in [0.25, 0.3) is 0 Å². The van der Waals surface area contributed by atoms with Crippen LogP contribution in [0.3, 0.4) is 0 Å². The van der Waals surface area contributed by atoms with Gasteiger partial charge in [0.15, 0.2) is 44.0 Å². The van der Waals surface area contributed by atoms with E-state index in [2.05, 4.69) is 4.18 Å². The summed E-state index contributed by atoms with van der Waals surface area (Å²) >= 11 is 0. The van der Waals surface area contributed by atoms with E-state index in [4.69, 9.17) is 70.9 Å². The number of hydrogen-bond acceptors (Lipinski definition) is 38. The van der Waals surface area contributed by atoms with E-state index in [1.54, 1.807) is 0 Å². The summed E-state index contributed by atoms with van der Waals surface area (Å²) in [5.41, 5.74) is 0. The van der Waals surface area contributed by atoms with Crippen molar-refractivity contribution in [3.8, 4) is 0 Å². The Morgan fingerprint density at radius 2 is 0.430 bits per heavy atom. The van der Waals surface area contributed by atoms with Crippen LogP contribution in [0, 0.1) is 0 Å². The zero-order valence-corrected chi connectivity index (χ0v) is 46.3. The maximum atomic E-state index is 11.3. The maximum absolute atomic E-state index is 11.3. The Labute approximate surface area is 487 Å². The minimum absolute atomic E-state index is 0.0648. The average Bonchev–Trinajstić information content (AvgIpc) is 2.73. The van der Waals surface area contributed by atoms with Crippen molar-refractivity contribution in [2.75, 3.05) is 52.9 Å². The summed E-state index contributed by atoms with van der Waals surface area (Å²) in [7, 11) is -4.20. The van der Waals surface area contributed by atoms with Gasteiger partial charge in [-0.05, 0) is 6.42 Å². The fourth-order valence-electron chi connectivity index (χ4n) is 10.7. The molecule has 21 fully saturated rings. The molecule has 21 aliphatic rings. The SMILES string of the molecule is CCCCOS(=O)(=O)O.OC[C@H]1O[C@@H]2O[C@H]3[C@H](O)[C@@H](O)[C@@H](O[C@H]4[C@H](O)[C@@H](O)[C@@H](O[C@H]5[C@H](O)[C@@H](O)[C@@H](O[C@H]6[C@H](O)[C@@H](O)[C@@H](O[C@H]7[C@H](O)[C@@H](O)[C@@H](O[C@H]8[C@H](O)[C@@H](O)[C@@H](O[C@H]1[C@H](O)[C@H]2O)O[C@@H]8CO)O[C@@H]7CO)O[C@@H]6CO)O[C@@H]5CO)O[C@@H]4CO)O[C@@H]3CO. The molecule has 40 heteroatoms. The molecule has 39 nitrogen and oxygen atoms in total. The second-order valence-electron chi connectivity index (χ2n) is 21.3. The molecule has 0 spiro atoms. The summed E-state index contributed by atoms with van der Waals surface area (Å²) in [5, 5.41) is 230.